The number of pyridine rings is 1. The van der Waals surface area contributed by atoms with Crippen LogP contribution in [0.5, 0.6) is 0 Å². The molecule has 0 spiro atoms. The maximum absolute atomic E-state index is 10.7. The molecule has 66 valence electrons. The number of aromatic nitrogens is 2. The van der Waals surface area contributed by atoms with Crippen LogP contribution in [0.4, 0.5) is 0 Å². The van der Waals surface area contributed by atoms with Crippen molar-refractivity contribution >= 4 is 16.9 Å². The van der Waals surface area contributed by atoms with E-state index in [0.717, 1.165) is 16.5 Å². The molecule has 2 rings (SSSR count). The maximum atomic E-state index is 10.7. The van der Waals surface area contributed by atoms with E-state index in [4.69, 9.17) is 5.11 Å². The van der Waals surface area contributed by atoms with E-state index < -0.39 is 5.97 Å². The summed E-state index contributed by atoms with van der Waals surface area (Å²) in [5.74, 6) is -0.936. The fraction of sp³-hybridized carbons (Fsp3) is 0.111. The number of hydrogen-bond acceptors (Lipinski definition) is 2. The molecule has 2 aromatic heterocycles. The van der Waals surface area contributed by atoms with Crippen LogP contribution in [0, 0.1) is 6.92 Å². The molecule has 0 aliphatic heterocycles. The summed E-state index contributed by atoms with van der Waals surface area (Å²) in [7, 11) is 0. The van der Waals surface area contributed by atoms with E-state index in [9.17, 15) is 4.79 Å². The number of carboxylic acid groups (broad SMARTS) is 1. The monoisotopic (exact) mass is 176 g/mol. The first kappa shape index (κ1) is 7.79. The van der Waals surface area contributed by atoms with Crippen molar-refractivity contribution in [3.8, 4) is 0 Å². The van der Waals surface area contributed by atoms with Gasteiger partial charge in [-0.2, -0.15) is 0 Å². The Balaban J connectivity index is 2.81. The lowest BCUT2D eigenvalue weighted by atomic mass is 10.2. The molecule has 0 unspecified atom stereocenters. The SMILES string of the molecule is Cc1c(C(=O)O)[nH]c2cnccc12. The third kappa shape index (κ3) is 1.07. The second-order valence-corrected chi connectivity index (χ2v) is 2.85. The number of carboxylic acids is 1. The van der Waals surface area contributed by atoms with E-state index in [-0.39, 0.29) is 5.69 Å². The van der Waals surface area contributed by atoms with Gasteiger partial charge in [0.1, 0.15) is 5.69 Å². The van der Waals surface area contributed by atoms with Crippen molar-refractivity contribution in [1.82, 2.24) is 9.97 Å². The van der Waals surface area contributed by atoms with E-state index in [1.807, 2.05) is 0 Å². The lowest BCUT2D eigenvalue weighted by Gasteiger charge is -1.89. The summed E-state index contributed by atoms with van der Waals surface area (Å²) in [5, 5.41) is 9.72. The first-order valence-corrected chi connectivity index (χ1v) is 3.85. The van der Waals surface area contributed by atoms with Gasteiger partial charge >= 0.3 is 5.97 Å². The van der Waals surface area contributed by atoms with Crippen molar-refractivity contribution in [2.45, 2.75) is 6.92 Å². The van der Waals surface area contributed by atoms with Crippen LogP contribution in [0.3, 0.4) is 0 Å². The zero-order chi connectivity index (χ0) is 9.42. The van der Waals surface area contributed by atoms with Crippen molar-refractivity contribution < 1.29 is 9.90 Å². The van der Waals surface area contributed by atoms with Gasteiger partial charge in [-0.15, -0.1) is 0 Å². The largest absolute Gasteiger partial charge is 0.477 e. The summed E-state index contributed by atoms with van der Waals surface area (Å²) in [6, 6.07) is 1.80. The molecule has 0 amide bonds. The molecule has 4 heteroatoms. The highest BCUT2D eigenvalue weighted by molar-refractivity contribution is 5.96. The van der Waals surface area contributed by atoms with Gasteiger partial charge in [-0.25, -0.2) is 4.79 Å². The average Bonchev–Trinajstić information content (AvgIpc) is 2.45. The minimum atomic E-state index is -0.936. The number of aromatic carboxylic acids is 1. The van der Waals surface area contributed by atoms with Crippen LogP contribution in [0.1, 0.15) is 16.1 Å². The van der Waals surface area contributed by atoms with Gasteiger partial charge < -0.3 is 10.1 Å². The van der Waals surface area contributed by atoms with E-state index in [2.05, 4.69) is 9.97 Å². The summed E-state index contributed by atoms with van der Waals surface area (Å²) < 4.78 is 0. The van der Waals surface area contributed by atoms with Gasteiger partial charge in [-0.3, -0.25) is 4.98 Å². The number of fused-ring (bicyclic) bond motifs is 1. The highest BCUT2D eigenvalue weighted by Gasteiger charge is 2.12. The molecule has 0 aromatic carbocycles. The molecule has 2 aromatic rings. The Morgan fingerprint density at radius 3 is 3.00 bits per heavy atom. The van der Waals surface area contributed by atoms with Crippen molar-refractivity contribution in [1.29, 1.82) is 0 Å². The van der Waals surface area contributed by atoms with Gasteiger partial charge in [0.2, 0.25) is 0 Å². The van der Waals surface area contributed by atoms with Crippen LogP contribution in [-0.2, 0) is 0 Å². The molecule has 2 N–H and O–H groups in total. The molecule has 0 saturated carbocycles. The standard InChI is InChI=1S/C9H8N2O2/c1-5-6-2-3-10-4-7(6)11-8(5)9(12)13/h2-4,11H,1H3,(H,12,13). The molecular formula is C9H8N2O2. The maximum Gasteiger partial charge on any atom is 0.352 e. The number of nitrogens with one attached hydrogen (secondary N) is 1. The molecular weight excluding hydrogens is 168 g/mol. The van der Waals surface area contributed by atoms with Crippen molar-refractivity contribution in [2.75, 3.05) is 0 Å². The second kappa shape index (κ2) is 2.58. The van der Waals surface area contributed by atoms with Gasteiger partial charge in [0.15, 0.2) is 0 Å². The topological polar surface area (TPSA) is 66.0 Å². The molecule has 0 aliphatic carbocycles. The number of rotatable bonds is 1. The Morgan fingerprint density at radius 2 is 2.38 bits per heavy atom. The molecule has 0 atom stereocenters. The van der Waals surface area contributed by atoms with Gasteiger partial charge in [0.05, 0.1) is 11.7 Å². The van der Waals surface area contributed by atoms with Gasteiger partial charge in [0.25, 0.3) is 0 Å². The molecule has 0 aliphatic rings. The minimum Gasteiger partial charge on any atom is -0.477 e. The fourth-order valence-corrected chi connectivity index (χ4v) is 1.40. The Labute approximate surface area is 74.2 Å². The Morgan fingerprint density at radius 1 is 1.62 bits per heavy atom. The molecule has 2 heterocycles. The summed E-state index contributed by atoms with van der Waals surface area (Å²) in [4.78, 5) is 17.4. The first-order valence-electron chi connectivity index (χ1n) is 3.85. The normalized spacial score (nSPS) is 10.5. The average molecular weight is 176 g/mol. The van der Waals surface area contributed by atoms with Crippen LogP contribution < -0.4 is 0 Å². The predicted molar refractivity (Wildman–Crippen MR) is 47.8 cm³/mol. The van der Waals surface area contributed by atoms with Crippen molar-refractivity contribution in [2.24, 2.45) is 0 Å². The van der Waals surface area contributed by atoms with Crippen molar-refractivity contribution in [3.63, 3.8) is 0 Å². The van der Waals surface area contributed by atoms with Gasteiger partial charge in [-0.1, -0.05) is 0 Å². The quantitative estimate of drug-likeness (QED) is 0.693. The molecule has 0 radical (unpaired) electrons. The highest BCUT2D eigenvalue weighted by Crippen LogP contribution is 2.19. The molecule has 4 nitrogen and oxygen atoms in total. The van der Waals surface area contributed by atoms with Crippen LogP contribution in [-0.4, -0.2) is 21.0 Å². The number of aromatic amines is 1. The van der Waals surface area contributed by atoms with Crippen LogP contribution in [0.2, 0.25) is 0 Å². The van der Waals surface area contributed by atoms with Crippen LogP contribution in [0.15, 0.2) is 18.5 Å². The van der Waals surface area contributed by atoms with Gasteiger partial charge in [-0.05, 0) is 18.6 Å². The van der Waals surface area contributed by atoms with Crippen LogP contribution >= 0.6 is 0 Å². The summed E-state index contributed by atoms with van der Waals surface area (Å²) >= 11 is 0. The Hall–Kier alpha value is -1.84. The summed E-state index contributed by atoms with van der Waals surface area (Å²) in [6.45, 7) is 1.78. The first-order chi connectivity index (χ1) is 6.20. The number of carbonyl (C=O) groups is 1. The third-order valence-corrected chi connectivity index (χ3v) is 2.07. The van der Waals surface area contributed by atoms with E-state index in [0.29, 0.717) is 0 Å². The highest BCUT2D eigenvalue weighted by atomic mass is 16.4. The molecule has 0 bridgehead atoms. The lowest BCUT2D eigenvalue weighted by molar-refractivity contribution is 0.0691. The van der Waals surface area contributed by atoms with E-state index >= 15 is 0 Å². The molecule has 0 fully saturated rings. The number of aryl methyl sites for hydroxylation is 1. The number of hydrogen-bond donors (Lipinski definition) is 2. The number of nitrogens with zero attached hydrogens (tertiary/aromatic N) is 1. The second-order valence-electron chi connectivity index (χ2n) is 2.85. The predicted octanol–water partition coefficient (Wildman–Crippen LogP) is 1.57. The zero-order valence-electron chi connectivity index (χ0n) is 7.03. The van der Waals surface area contributed by atoms with Crippen molar-refractivity contribution in [3.05, 3.63) is 29.7 Å². The van der Waals surface area contributed by atoms with E-state index in [1.165, 1.54) is 0 Å². The molecule has 13 heavy (non-hydrogen) atoms. The fourth-order valence-electron chi connectivity index (χ4n) is 1.40. The lowest BCUT2D eigenvalue weighted by Crippen LogP contribution is -1.97. The third-order valence-electron chi connectivity index (χ3n) is 2.07. The van der Waals surface area contributed by atoms with Gasteiger partial charge in [0, 0.05) is 11.6 Å². The Bertz CT molecular complexity index is 473. The smallest absolute Gasteiger partial charge is 0.352 e. The zero-order valence-corrected chi connectivity index (χ0v) is 7.03. The van der Waals surface area contributed by atoms with E-state index in [1.54, 1.807) is 25.4 Å². The summed E-state index contributed by atoms with van der Waals surface area (Å²) in [6.07, 6.45) is 3.27. The minimum absolute atomic E-state index is 0.239. The number of H-pyrrole nitrogens is 1. The Kier molecular flexibility index (Phi) is 1.55. The molecule has 0 saturated heterocycles. The van der Waals surface area contributed by atoms with Crippen LogP contribution in [0.25, 0.3) is 10.9 Å². The summed E-state index contributed by atoms with van der Waals surface area (Å²) in [5.41, 5.74) is 1.75.